The summed E-state index contributed by atoms with van der Waals surface area (Å²) >= 11 is 2.92. The minimum Gasteiger partial charge on any atom is -0.318 e. The lowest BCUT2D eigenvalue weighted by Gasteiger charge is -2.20. The second-order valence-corrected chi connectivity index (χ2v) is 9.74. The fraction of sp³-hybridized carbons (Fsp3) is 0.273. The van der Waals surface area contributed by atoms with E-state index < -0.39 is 5.91 Å². The van der Waals surface area contributed by atoms with Crippen molar-refractivity contribution in [1.29, 1.82) is 5.41 Å². The highest BCUT2D eigenvalue weighted by atomic mass is 32.2. The number of hydrazone groups is 1. The van der Waals surface area contributed by atoms with Gasteiger partial charge in [0.25, 0.3) is 5.91 Å². The Labute approximate surface area is 184 Å². The Kier molecular flexibility index (Phi) is 5.46. The van der Waals surface area contributed by atoms with Crippen LogP contribution < -0.4 is 0 Å². The average molecular weight is 438 g/mol. The molecule has 2 aliphatic heterocycles. The van der Waals surface area contributed by atoms with Crippen LogP contribution in [0.2, 0.25) is 0 Å². The minimum atomic E-state index is -0.395. The van der Waals surface area contributed by atoms with Crippen LogP contribution >= 0.6 is 23.5 Å². The normalized spacial score (nSPS) is 17.5. The van der Waals surface area contributed by atoms with Gasteiger partial charge >= 0.3 is 0 Å². The zero-order valence-corrected chi connectivity index (χ0v) is 19.2. The molecule has 0 spiro atoms. The number of aromatic nitrogens is 1. The lowest BCUT2D eigenvalue weighted by Crippen LogP contribution is -2.35. The average Bonchev–Trinajstić information content (AvgIpc) is 3.21. The molecule has 0 aliphatic carbocycles. The Balaban J connectivity index is 1.75. The van der Waals surface area contributed by atoms with Gasteiger partial charge in [-0.2, -0.15) is 10.0 Å². The third kappa shape index (κ3) is 3.54. The first-order chi connectivity index (χ1) is 14.3. The number of fused-ring (bicyclic) bond motifs is 1. The zero-order valence-electron chi connectivity index (χ0n) is 17.6. The van der Waals surface area contributed by atoms with Crippen LogP contribution in [0.4, 0.5) is 0 Å². The number of hydrogen-bond acceptors (Lipinski definition) is 5. The van der Waals surface area contributed by atoms with E-state index in [1.165, 1.54) is 27.9 Å². The molecule has 3 heterocycles. The van der Waals surface area contributed by atoms with Crippen LogP contribution in [0.1, 0.15) is 35.0 Å². The van der Waals surface area contributed by atoms with Crippen LogP contribution in [-0.2, 0) is 4.79 Å². The van der Waals surface area contributed by atoms with Gasteiger partial charge in [-0.1, -0.05) is 30.8 Å². The largest absolute Gasteiger partial charge is 0.318 e. The van der Waals surface area contributed by atoms with Crippen LogP contribution in [0.5, 0.6) is 0 Å². The van der Waals surface area contributed by atoms with E-state index >= 15 is 0 Å². The predicted octanol–water partition coefficient (Wildman–Crippen LogP) is 5.04. The van der Waals surface area contributed by atoms with Gasteiger partial charge in [0.15, 0.2) is 10.2 Å². The van der Waals surface area contributed by atoms with Crippen molar-refractivity contribution in [3.05, 3.63) is 57.9 Å². The molecule has 2 aromatic rings. The first-order valence-electron chi connectivity index (χ1n) is 9.69. The monoisotopic (exact) mass is 437 g/mol. The minimum absolute atomic E-state index is 0.0701. The summed E-state index contributed by atoms with van der Waals surface area (Å²) in [7, 11) is 0. The highest BCUT2D eigenvalue weighted by Crippen LogP contribution is 2.33. The molecule has 6 nitrogen and oxygen atoms in total. The predicted molar refractivity (Wildman–Crippen MR) is 128 cm³/mol. The Morgan fingerprint density at radius 3 is 2.70 bits per heavy atom. The van der Waals surface area contributed by atoms with E-state index in [1.54, 1.807) is 17.8 Å². The first kappa shape index (κ1) is 20.7. The van der Waals surface area contributed by atoms with Gasteiger partial charge in [-0.25, -0.2) is 0 Å². The maximum atomic E-state index is 12.7. The Morgan fingerprint density at radius 2 is 1.97 bits per heavy atom. The van der Waals surface area contributed by atoms with Crippen LogP contribution in [0.3, 0.4) is 0 Å². The third-order valence-corrected chi connectivity index (χ3v) is 7.00. The number of carbonyl (C=O) groups is 1. The molecule has 1 amide bonds. The standard InChI is InChI=1S/C22H23N5OS2/c1-6-29-22-25-27-19(23)17(20(28)24-21(27)30-22)11-16-10-14(4)26(15(16)5)18-9-12(2)7-8-13(18)3/h7-11,23H,6H2,1-5H3. The quantitative estimate of drug-likeness (QED) is 0.683. The van der Waals surface area contributed by atoms with Crippen LogP contribution in [0.25, 0.3) is 11.8 Å². The molecule has 154 valence electrons. The summed E-state index contributed by atoms with van der Waals surface area (Å²) in [5, 5.41) is 14.9. The van der Waals surface area contributed by atoms with E-state index in [4.69, 9.17) is 5.41 Å². The number of aliphatic imine (C=N–C) groups is 1. The molecule has 0 bridgehead atoms. The lowest BCUT2D eigenvalue weighted by atomic mass is 10.1. The fourth-order valence-corrected chi connectivity index (χ4v) is 5.40. The van der Waals surface area contributed by atoms with Crippen molar-refractivity contribution in [2.24, 2.45) is 10.1 Å². The van der Waals surface area contributed by atoms with E-state index in [0.29, 0.717) is 5.17 Å². The smallest absolute Gasteiger partial charge is 0.283 e. The molecule has 1 aromatic carbocycles. The Hall–Kier alpha value is -2.58. The molecule has 0 fully saturated rings. The molecule has 30 heavy (non-hydrogen) atoms. The molecular formula is C22H23N5OS2. The summed E-state index contributed by atoms with van der Waals surface area (Å²) in [6.45, 7) is 10.3. The summed E-state index contributed by atoms with van der Waals surface area (Å²) in [6.07, 6.45) is 1.76. The van der Waals surface area contributed by atoms with Gasteiger partial charge < -0.3 is 4.57 Å². The highest BCUT2D eigenvalue weighted by molar-refractivity contribution is 8.45. The second-order valence-electron chi connectivity index (χ2n) is 7.27. The fourth-order valence-electron chi connectivity index (χ4n) is 3.58. The Bertz CT molecular complexity index is 1170. The van der Waals surface area contributed by atoms with E-state index in [1.807, 2.05) is 19.9 Å². The van der Waals surface area contributed by atoms with E-state index in [0.717, 1.165) is 32.8 Å². The third-order valence-electron chi connectivity index (χ3n) is 5.08. The Morgan fingerprint density at radius 1 is 1.20 bits per heavy atom. The van der Waals surface area contributed by atoms with Crippen molar-refractivity contribution in [1.82, 2.24) is 9.58 Å². The van der Waals surface area contributed by atoms with Crippen molar-refractivity contribution in [3.8, 4) is 5.69 Å². The molecule has 0 unspecified atom stereocenters. The van der Waals surface area contributed by atoms with Gasteiger partial charge in [-0.15, -0.1) is 5.10 Å². The second kappa shape index (κ2) is 7.92. The van der Waals surface area contributed by atoms with Crippen LogP contribution in [0.15, 0.2) is 39.9 Å². The lowest BCUT2D eigenvalue weighted by molar-refractivity contribution is -0.114. The van der Waals surface area contributed by atoms with Crippen molar-refractivity contribution in [3.63, 3.8) is 0 Å². The number of nitrogens with one attached hydrogen (secondary N) is 1. The number of aryl methyl sites for hydroxylation is 3. The van der Waals surface area contributed by atoms with Gasteiger partial charge in [-0.3, -0.25) is 10.2 Å². The van der Waals surface area contributed by atoms with Gasteiger partial charge in [0.05, 0.1) is 5.57 Å². The van der Waals surface area contributed by atoms with Gasteiger partial charge in [0, 0.05) is 17.1 Å². The summed E-state index contributed by atoms with van der Waals surface area (Å²) in [5.74, 6) is 0.551. The highest BCUT2D eigenvalue weighted by Gasteiger charge is 2.35. The zero-order chi connectivity index (χ0) is 21.6. The molecule has 2 aliphatic rings. The molecule has 8 heteroatoms. The number of nitrogens with zero attached hydrogens (tertiary/aromatic N) is 4. The molecule has 0 saturated heterocycles. The first-order valence-corrected chi connectivity index (χ1v) is 11.5. The van der Waals surface area contributed by atoms with Crippen molar-refractivity contribution >= 4 is 50.9 Å². The molecule has 0 saturated carbocycles. The summed E-state index contributed by atoms with van der Waals surface area (Å²) < 4.78 is 3.00. The van der Waals surface area contributed by atoms with E-state index in [-0.39, 0.29) is 11.4 Å². The SMILES string of the molecule is CCSC1=NN2C(=N)C(=Cc3cc(C)n(-c4cc(C)ccc4C)c3C)C(=O)N=C2S1. The van der Waals surface area contributed by atoms with E-state index in [2.05, 4.69) is 53.6 Å². The van der Waals surface area contributed by atoms with E-state index in [9.17, 15) is 4.79 Å². The van der Waals surface area contributed by atoms with Gasteiger partial charge in [0.2, 0.25) is 5.17 Å². The summed E-state index contributed by atoms with van der Waals surface area (Å²) in [4.78, 5) is 16.9. The summed E-state index contributed by atoms with van der Waals surface area (Å²) in [6, 6.07) is 8.43. The molecular weight excluding hydrogens is 414 g/mol. The maximum absolute atomic E-state index is 12.7. The topological polar surface area (TPSA) is 73.8 Å². The number of carbonyl (C=O) groups excluding carboxylic acids is 1. The number of benzene rings is 1. The van der Waals surface area contributed by atoms with Crippen molar-refractivity contribution in [2.45, 2.75) is 34.6 Å². The summed E-state index contributed by atoms with van der Waals surface area (Å²) in [5.41, 5.74) is 6.75. The number of hydrogen-bond donors (Lipinski definition) is 1. The maximum Gasteiger partial charge on any atom is 0.283 e. The molecule has 1 aromatic heterocycles. The number of amides is 1. The van der Waals surface area contributed by atoms with Gasteiger partial charge in [0.1, 0.15) is 0 Å². The van der Waals surface area contributed by atoms with Crippen molar-refractivity contribution < 1.29 is 4.79 Å². The number of rotatable bonds is 3. The number of thioether (sulfide) groups is 2. The molecule has 1 N–H and O–H groups in total. The van der Waals surface area contributed by atoms with Crippen LogP contribution in [-0.4, -0.2) is 36.6 Å². The molecule has 0 radical (unpaired) electrons. The van der Waals surface area contributed by atoms with Crippen molar-refractivity contribution in [2.75, 3.05) is 5.75 Å². The van der Waals surface area contributed by atoms with Gasteiger partial charge in [-0.05, 0) is 80.1 Å². The van der Waals surface area contributed by atoms with Crippen LogP contribution in [0, 0.1) is 33.1 Å². The molecule has 4 rings (SSSR count). The molecule has 0 atom stereocenters. The number of amidine groups is 2.